The molecule has 1 unspecified atom stereocenters. The molecule has 3 rings (SSSR count). The summed E-state index contributed by atoms with van der Waals surface area (Å²) in [6, 6.07) is 16.7. The van der Waals surface area contributed by atoms with Crippen LogP contribution in [0.3, 0.4) is 0 Å². The van der Waals surface area contributed by atoms with E-state index in [1.165, 1.54) is 11.3 Å². The molecule has 0 spiro atoms. The predicted molar refractivity (Wildman–Crippen MR) is 89.3 cm³/mol. The number of hydrogen-bond donors (Lipinski definition) is 0. The van der Waals surface area contributed by atoms with Crippen molar-refractivity contribution in [1.82, 2.24) is 9.55 Å². The Balaban J connectivity index is 2.31. The number of rotatable bonds is 4. The molecule has 2 nitrogen and oxygen atoms in total. The summed E-state index contributed by atoms with van der Waals surface area (Å²) in [5, 5.41) is -0.132. The summed E-state index contributed by atoms with van der Waals surface area (Å²) >= 11 is 6.38. The topological polar surface area (TPSA) is 17.8 Å². The van der Waals surface area contributed by atoms with Gasteiger partial charge >= 0.3 is 0 Å². The van der Waals surface area contributed by atoms with Crippen LogP contribution < -0.4 is 0 Å². The van der Waals surface area contributed by atoms with Gasteiger partial charge < -0.3 is 0 Å². The number of fused-ring (bicyclic) bond motifs is 1. The van der Waals surface area contributed by atoms with Gasteiger partial charge in [0, 0.05) is 0 Å². The summed E-state index contributed by atoms with van der Waals surface area (Å²) in [7, 11) is 0. The molecular formula is C18H19ClN2. The van der Waals surface area contributed by atoms with E-state index in [-0.39, 0.29) is 5.38 Å². The van der Waals surface area contributed by atoms with Crippen molar-refractivity contribution in [3.8, 4) is 5.69 Å². The average Bonchev–Trinajstić information content (AvgIpc) is 2.88. The van der Waals surface area contributed by atoms with Crippen LogP contribution in [0.1, 0.15) is 37.0 Å². The molecule has 0 saturated carbocycles. The van der Waals surface area contributed by atoms with Crippen LogP contribution in [-0.4, -0.2) is 9.55 Å². The monoisotopic (exact) mass is 298 g/mol. The van der Waals surface area contributed by atoms with Crippen molar-refractivity contribution in [2.45, 2.75) is 32.1 Å². The van der Waals surface area contributed by atoms with Crippen molar-refractivity contribution in [1.29, 1.82) is 0 Å². The van der Waals surface area contributed by atoms with Crippen molar-refractivity contribution in [3.63, 3.8) is 0 Å². The number of para-hydroxylation sites is 3. The van der Waals surface area contributed by atoms with E-state index in [0.717, 1.165) is 29.7 Å². The molecule has 3 heteroatoms. The zero-order chi connectivity index (χ0) is 14.8. The van der Waals surface area contributed by atoms with Crippen molar-refractivity contribution in [2.75, 3.05) is 0 Å². The van der Waals surface area contributed by atoms with Crippen LogP contribution >= 0.6 is 11.6 Å². The number of benzene rings is 2. The van der Waals surface area contributed by atoms with Gasteiger partial charge in [-0.15, -0.1) is 11.6 Å². The van der Waals surface area contributed by atoms with Gasteiger partial charge in [0.15, 0.2) is 0 Å². The Kier molecular flexibility index (Phi) is 3.98. The largest absolute Gasteiger partial charge is 0.295 e. The molecule has 0 N–H and O–H groups in total. The van der Waals surface area contributed by atoms with E-state index in [4.69, 9.17) is 16.6 Å². The number of aromatic nitrogens is 2. The van der Waals surface area contributed by atoms with Crippen molar-refractivity contribution >= 4 is 22.6 Å². The molecular weight excluding hydrogens is 280 g/mol. The lowest BCUT2D eigenvalue weighted by Gasteiger charge is -2.14. The Morgan fingerprint density at radius 3 is 2.57 bits per heavy atom. The molecule has 1 atom stereocenters. The summed E-state index contributed by atoms with van der Waals surface area (Å²) in [6.45, 7) is 4.18. The third-order valence-corrected chi connectivity index (χ3v) is 3.89. The number of imidazole rings is 1. The fraction of sp³-hybridized carbons (Fsp3) is 0.278. The molecule has 0 amide bonds. The highest BCUT2D eigenvalue weighted by Crippen LogP contribution is 2.29. The van der Waals surface area contributed by atoms with Crippen LogP contribution in [0.5, 0.6) is 0 Å². The molecule has 21 heavy (non-hydrogen) atoms. The van der Waals surface area contributed by atoms with Crippen LogP contribution in [0.25, 0.3) is 16.7 Å². The Morgan fingerprint density at radius 1 is 1.10 bits per heavy atom. The third kappa shape index (κ3) is 2.56. The first-order valence-electron chi connectivity index (χ1n) is 7.42. The molecule has 0 aliphatic heterocycles. The predicted octanol–water partition coefficient (Wildman–Crippen LogP) is 5.28. The Bertz CT molecular complexity index is 759. The van der Waals surface area contributed by atoms with Gasteiger partial charge in [0.1, 0.15) is 5.82 Å². The lowest BCUT2D eigenvalue weighted by atomic mass is 10.1. The number of nitrogens with zero attached hydrogens (tertiary/aromatic N) is 2. The maximum absolute atomic E-state index is 6.38. The van der Waals surface area contributed by atoms with E-state index in [0.29, 0.717) is 0 Å². The second-order valence-corrected chi connectivity index (χ2v) is 5.94. The van der Waals surface area contributed by atoms with Crippen molar-refractivity contribution < 1.29 is 0 Å². The molecule has 2 aromatic carbocycles. The first-order chi connectivity index (χ1) is 10.2. The highest BCUT2D eigenvalue weighted by Gasteiger charge is 2.17. The minimum atomic E-state index is -0.132. The van der Waals surface area contributed by atoms with Gasteiger partial charge in [-0.3, -0.25) is 4.57 Å². The number of alkyl halides is 1. The summed E-state index contributed by atoms with van der Waals surface area (Å²) in [6.07, 6.45) is 2.17. The molecule has 108 valence electrons. The summed E-state index contributed by atoms with van der Waals surface area (Å²) in [5.41, 5.74) is 4.63. The molecule has 0 radical (unpaired) electrons. The zero-order valence-electron chi connectivity index (χ0n) is 12.4. The summed E-state index contributed by atoms with van der Waals surface area (Å²) in [5.74, 6) is 0.904. The Labute approximate surface area is 130 Å². The molecule has 0 fully saturated rings. The Hall–Kier alpha value is -1.80. The van der Waals surface area contributed by atoms with Crippen LogP contribution in [0.15, 0.2) is 48.5 Å². The van der Waals surface area contributed by atoms with E-state index >= 15 is 0 Å². The average molecular weight is 299 g/mol. The number of hydrogen-bond acceptors (Lipinski definition) is 1. The summed E-state index contributed by atoms with van der Waals surface area (Å²) < 4.78 is 2.21. The molecule has 0 saturated heterocycles. The maximum Gasteiger partial charge on any atom is 0.132 e. The zero-order valence-corrected chi connectivity index (χ0v) is 13.1. The van der Waals surface area contributed by atoms with Crippen molar-refractivity contribution in [3.05, 3.63) is 59.9 Å². The fourth-order valence-corrected chi connectivity index (χ4v) is 2.92. The maximum atomic E-state index is 6.38. The van der Waals surface area contributed by atoms with E-state index < -0.39 is 0 Å². The SMILES string of the molecule is CCCc1ccccc1-n1c(C(C)Cl)nc2ccccc21. The third-order valence-electron chi connectivity index (χ3n) is 3.69. The van der Waals surface area contributed by atoms with E-state index in [1.54, 1.807) is 0 Å². The fourth-order valence-electron chi connectivity index (χ4n) is 2.77. The smallest absolute Gasteiger partial charge is 0.132 e. The second-order valence-electron chi connectivity index (χ2n) is 5.29. The molecule has 0 bridgehead atoms. The number of aryl methyl sites for hydroxylation is 1. The van der Waals surface area contributed by atoms with Crippen LogP contribution in [0.4, 0.5) is 0 Å². The molecule has 0 aliphatic rings. The minimum absolute atomic E-state index is 0.132. The molecule has 3 aromatic rings. The highest BCUT2D eigenvalue weighted by atomic mass is 35.5. The van der Waals surface area contributed by atoms with Crippen LogP contribution in [0.2, 0.25) is 0 Å². The first-order valence-corrected chi connectivity index (χ1v) is 7.85. The second kappa shape index (κ2) is 5.90. The van der Waals surface area contributed by atoms with E-state index in [2.05, 4.69) is 41.8 Å². The van der Waals surface area contributed by atoms with Gasteiger partial charge in [-0.05, 0) is 37.1 Å². The normalized spacial score (nSPS) is 12.7. The minimum Gasteiger partial charge on any atom is -0.295 e. The lowest BCUT2D eigenvalue weighted by Crippen LogP contribution is -2.05. The first kappa shape index (κ1) is 14.2. The van der Waals surface area contributed by atoms with Crippen molar-refractivity contribution in [2.24, 2.45) is 0 Å². The molecule has 1 heterocycles. The lowest BCUT2D eigenvalue weighted by molar-refractivity contribution is 0.854. The van der Waals surface area contributed by atoms with Gasteiger partial charge in [0.2, 0.25) is 0 Å². The van der Waals surface area contributed by atoms with Gasteiger partial charge in [-0.25, -0.2) is 4.98 Å². The number of halogens is 1. The van der Waals surface area contributed by atoms with Gasteiger partial charge in [0.05, 0.1) is 22.1 Å². The van der Waals surface area contributed by atoms with Gasteiger partial charge in [0.25, 0.3) is 0 Å². The standard InChI is InChI=1S/C18H19ClN2/c1-3-8-14-9-4-6-11-16(14)21-17-12-7-5-10-15(17)20-18(21)13(2)19/h4-7,9-13H,3,8H2,1-2H3. The van der Waals surface area contributed by atoms with E-state index in [1.807, 2.05) is 25.1 Å². The van der Waals surface area contributed by atoms with Gasteiger partial charge in [-0.1, -0.05) is 43.7 Å². The van der Waals surface area contributed by atoms with E-state index in [9.17, 15) is 0 Å². The van der Waals surface area contributed by atoms with Gasteiger partial charge in [-0.2, -0.15) is 0 Å². The quantitative estimate of drug-likeness (QED) is 0.599. The summed E-state index contributed by atoms with van der Waals surface area (Å²) in [4.78, 5) is 4.72. The van der Waals surface area contributed by atoms with Crippen LogP contribution in [0, 0.1) is 0 Å². The highest BCUT2D eigenvalue weighted by molar-refractivity contribution is 6.20. The molecule has 0 aliphatic carbocycles. The van der Waals surface area contributed by atoms with Crippen LogP contribution in [-0.2, 0) is 6.42 Å². The Morgan fingerprint density at radius 2 is 1.81 bits per heavy atom. The molecule has 1 aromatic heterocycles.